The zero-order valence-corrected chi connectivity index (χ0v) is 54.8. The van der Waals surface area contributed by atoms with Crippen LogP contribution < -0.4 is 0 Å². The topological polar surface area (TPSA) is 186 Å². The van der Waals surface area contributed by atoms with Gasteiger partial charge < -0.3 is 38.5 Å². The summed E-state index contributed by atoms with van der Waals surface area (Å²) in [5.41, 5.74) is -4.70. The first kappa shape index (κ1) is 66.6. The van der Waals surface area contributed by atoms with Gasteiger partial charge in [-0.2, -0.15) is 0 Å². The minimum absolute atomic E-state index is 0.170. The van der Waals surface area contributed by atoms with Gasteiger partial charge in [-0.05, 0) is 159 Å². The SMILES string of the molecule is CC1(C)CC(OC(=O)CC(C(=O)OC2CC(C)(C)N(C(=O)c3ccccc3)C(C)(C)C2)C(CC(=O)OC2CC(C)(C)N(C(=O)c3ccccc3)C(C)(C)C2)C(=O)OC2CC(C)(C)N(C(=O)c3ccccc3)C(C)(C)C2)CC(C)(C)N1C(=O)c1ccccc1. The van der Waals surface area contributed by atoms with Gasteiger partial charge in [0, 0.05) is 118 Å². The van der Waals surface area contributed by atoms with Crippen molar-refractivity contribution in [1.29, 1.82) is 0 Å². The molecule has 2 atom stereocenters. The summed E-state index contributed by atoms with van der Waals surface area (Å²) in [5.74, 6) is -7.58. The molecule has 4 amide bonds. The molecule has 4 aromatic carbocycles. The van der Waals surface area contributed by atoms with E-state index in [0.717, 1.165) is 0 Å². The maximum Gasteiger partial charge on any atom is 0.310 e. The van der Waals surface area contributed by atoms with Gasteiger partial charge in [0.25, 0.3) is 23.6 Å². The average Bonchev–Trinajstić information content (AvgIpc) is 0.902. The molecular formula is C72H94N4O12. The van der Waals surface area contributed by atoms with Gasteiger partial charge in [0.2, 0.25) is 0 Å². The highest BCUT2D eigenvalue weighted by Gasteiger charge is 2.55. The van der Waals surface area contributed by atoms with Crippen molar-refractivity contribution >= 4 is 47.5 Å². The molecule has 4 aliphatic heterocycles. The maximum atomic E-state index is 15.6. The molecule has 0 aliphatic carbocycles. The summed E-state index contributed by atoms with van der Waals surface area (Å²) < 4.78 is 25.9. The lowest BCUT2D eigenvalue weighted by Crippen LogP contribution is -2.64. The molecule has 0 radical (unpaired) electrons. The van der Waals surface area contributed by atoms with Crippen LogP contribution in [0, 0.1) is 11.8 Å². The molecule has 474 valence electrons. The third-order valence-corrected chi connectivity index (χ3v) is 18.6. The van der Waals surface area contributed by atoms with Crippen LogP contribution in [0.5, 0.6) is 0 Å². The van der Waals surface area contributed by atoms with E-state index in [2.05, 4.69) is 0 Å². The van der Waals surface area contributed by atoms with Gasteiger partial charge in [0.05, 0.1) is 24.7 Å². The average molecular weight is 1210 g/mol. The fraction of sp³-hybridized carbons (Fsp3) is 0.556. The Morgan fingerprint density at radius 1 is 0.307 bits per heavy atom. The van der Waals surface area contributed by atoms with Crippen LogP contribution >= 0.6 is 0 Å². The summed E-state index contributed by atoms with van der Waals surface area (Å²) in [6.07, 6.45) is -2.75. The van der Waals surface area contributed by atoms with Crippen molar-refractivity contribution in [2.75, 3.05) is 0 Å². The lowest BCUT2D eigenvalue weighted by atomic mass is 9.77. The van der Waals surface area contributed by atoms with Gasteiger partial charge in [0.15, 0.2) is 0 Å². The second-order valence-electron chi connectivity index (χ2n) is 30.1. The first-order chi connectivity index (χ1) is 40.9. The molecule has 16 heteroatoms. The van der Waals surface area contributed by atoms with E-state index in [9.17, 15) is 28.8 Å². The maximum absolute atomic E-state index is 15.6. The second kappa shape index (κ2) is 24.9. The highest BCUT2D eigenvalue weighted by Crippen LogP contribution is 2.46. The zero-order valence-electron chi connectivity index (χ0n) is 54.8. The number of hydrogen-bond donors (Lipinski definition) is 0. The Morgan fingerprint density at radius 3 is 0.659 bits per heavy atom. The van der Waals surface area contributed by atoms with Crippen LogP contribution in [0.4, 0.5) is 0 Å². The van der Waals surface area contributed by atoms with E-state index < -0.39 is 117 Å². The molecule has 88 heavy (non-hydrogen) atoms. The Labute approximate surface area is 521 Å². The second-order valence-corrected chi connectivity index (χ2v) is 30.1. The predicted octanol–water partition coefficient (Wildman–Crippen LogP) is 12.6. The van der Waals surface area contributed by atoms with Crippen molar-refractivity contribution in [2.24, 2.45) is 11.8 Å². The quantitative estimate of drug-likeness (QED) is 0.0811. The molecule has 16 nitrogen and oxygen atoms in total. The molecule has 0 aromatic heterocycles. The lowest BCUT2D eigenvalue weighted by Gasteiger charge is -2.55. The summed E-state index contributed by atoms with van der Waals surface area (Å²) in [5, 5.41) is 0. The number of rotatable bonds is 15. The number of nitrogens with zero attached hydrogens (tertiary/aromatic N) is 4. The number of amides is 4. The summed E-state index contributed by atoms with van der Waals surface area (Å²) >= 11 is 0. The predicted molar refractivity (Wildman–Crippen MR) is 336 cm³/mol. The van der Waals surface area contributed by atoms with Crippen molar-refractivity contribution in [2.45, 2.75) is 244 Å². The fourth-order valence-corrected chi connectivity index (χ4v) is 16.2. The minimum Gasteiger partial charge on any atom is -0.462 e. The minimum atomic E-state index is -1.66. The number of ether oxygens (including phenoxy) is 4. The number of piperidine rings is 4. The summed E-state index contributed by atoms with van der Waals surface area (Å²) in [4.78, 5) is 126. The van der Waals surface area contributed by atoms with Crippen LogP contribution in [0.15, 0.2) is 121 Å². The fourth-order valence-electron chi connectivity index (χ4n) is 16.2. The summed E-state index contributed by atoms with van der Waals surface area (Å²) in [6.45, 7) is 30.7. The Hall–Kier alpha value is -7.36. The monoisotopic (exact) mass is 1210 g/mol. The van der Waals surface area contributed by atoms with Crippen LogP contribution in [0.2, 0.25) is 0 Å². The molecule has 4 heterocycles. The molecule has 2 unspecified atom stereocenters. The van der Waals surface area contributed by atoms with Gasteiger partial charge in [-0.3, -0.25) is 38.4 Å². The normalized spacial score (nSPS) is 21.9. The van der Waals surface area contributed by atoms with E-state index in [1.165, 1.54) is 0 Å². The number of carbonyl (C=O) groups is 8. The van der Waals surface area contributed by atoms with Gasteiger partial charge in [-0.25, -0.2) is 0 Å². The van der Waals surface area contributed by atoms with E-state index in [1.807, 2.05) is 179 Å². The Morgan fingerprint density at radius 2 is 0.477 bits per heavy atom. The Kier molecular flexibility index (Phi) is 18.8. The van der Waals surface area contributed by atoms with E-state index in [0.29, 0.717) is 22.3 Å². The first-order valence-corrected chi connectivity index (χ1v) is 31.2. The van der Waals surface area contributed by atoms with E-state index in [-0.39, 0.29) is 75.0 Å². The van der Waals surface area contributed by atoms with Gasteiger partial charge in [-0.1, -0.05) is 72.8 Å². The van der Waals surface area contributed by atoms with Crippen molar-refractivity contribution in [3.8, 4) is 0 Å². The molecule has 4 aromatic rings. The molecule has 0 saturated carbocycles. The molecular weight excluding hydrogens is 1110 g/mol. The first-order valence-electron chi connectivity index (χ1n) is 31.2. The third-order valence-electron chi connectivity index (χ3n) is 18.6. The number of benzene rings is 4. The molecule has 0 bridgehead atoms. The van der Waals surface area contributed by atoms with Gasteiger partial charge >= 0.3 is 23.9 Å². The van der Waals surface area contributed by atoms with Crippen LogP contribution in [0.1, 0.15) is 216 Å². The molecule has 0 N–H and O–H groups in total. The number of likely N-dealkylation sites (tertiary alicyclic amines) is 4. The van der Waals surface area contributed by atoms with Gasteiger partial charge in [-0.15, -0.1) is 0 Å². The Bertz CT molecular complexity index is 2940. The summed E-state index contributed by atoms with van der Waals surface area (Å²) in [7, 11) is 0. The standard InChI is InChI=1S/C72H94N4O12/c1-65(2)39-51(40-66(3,4)73(65)59(79)47-29-21-17-22-30-47)85-57(77)37-55(63(83)87-53-43-69(9,10)75(70(11,12)44-53)61(81)49-33-25-19-26-34-49)56(64(84)88-54-45-71(13,14)76(72(15,16)46-54)62(82)50-35-27-20-28-36-50)38-58(78)86-52-41-67(5,6)74(68(7,8)42-52)60(80)48-31-23-18-24-32-48/h17-36,51-56H,37-46H2,1-16H3. The zero-order chi connectivity index (χ0) is 64.7. The highest BCUT2D eigenvalue weighted by molar-refractivity contribution is 5.97. The molecule has 4 aliphatic rings. The van der Waals surface area contributed by atoms with Crippen LogP contribution in [0.25, 0.3) is 0 Å². The van der Waals surface area contributed by atoms with Crippen LogP contribution in [-0.2, 0) is 38.1 Å². The van der Waals surface area contributed by atoms with Crippen LogP contribution in [-0.4, -0.2) is 136 Å². The molecule has 0 spiro atoms. The van der Waals surface area contributed by atoms with Gasteiger partial charge in [0.1, 0.15) is 24.4 Å². The molecule has 8 rings (SSSR count). The van der Waals surface area contributed by atoms with E-state index >= 15 is 9.59 Å². The smallest absolute Gasteiger partial charge is 0.310 e. The van der Waals surface area contributed by atoms with Crippen molar-refractivity contribution in [1.82, 2.24) is 19.6 Å². The van der Waals surface area contributed by atoms with Crippen molar-refractivity contribution < 1.29 is 57.3 Å². The number of esters is 4. The summed E-state index contributed by atoms with van der Waals surface area (Å²) in [6, 6.07) is 35.9. The lowest BCUT2D eigenvalue weighted by molar-refractivity contribution is -0.181. The Balaban J connectivity index is 1.13. The largest absolute Gasteiger partial charge is 0.462 e. The van der Waals surface area contributed by atoms with Crippen molar-refractivity contribution in [3.63, 3.8) is 0 Å². The third kappa shape index (κ3) is 14.5. The molecule has 4 fully saturated rings. The molecule has 4 saturated heterocycles. The van der Waals surface area contributed by atoms with Crippen LogP contribution in [0.3, 0.4) is 0 Å². The van der Waals surface area contributed by atoms with E-state index in [1.54, 1.807) is 72.8 Å². The highest BCUT2D eigenvalue weighted by atomic mass is 16.6. The van der Waals surface area contributed by atoms with E-state index in [4.69, 9.17) is 18.9 Å². The number of carbonyl (C=O) groups excluding carboxylic acids is 8. The van der Waals surface area contributed by atoms with Crippen molar-refractivity contribution in [3.05, 3.63) is 144 Å². The number of hydrogen-bond acceptors (Lipinski definition) is 12.